The molecule has 0 saturated carbocycles. The van der Waals surface area contributed by atoms with Crippen molar-refractivity contribution < 1.29 is 23.7 Å². The van der Waals surface area contributed by atoms with Gasteiger partial charge in [-0.25, -0.2) is 0 Å². The Kier molecular flexibility index (Phi) is 4.57. The smallest absolute Gasteiger partial charge is 0.255 e. The lowest BCUT2D eigenvalue weighted by Crippen LogP contribution is -2.19. The highest BCUT2D eigenvalue weighted by Crippen LogP contribution is 2.40. The van der Waals surface area contributed by atoms with E-state index in [1.807, 2.05) is 24.3 Å². The standard InChI is InChI=1S/C21H19NO6/c1-24-18-10-14(11-19(25-2)21(18)26-3)22-15(5-4-6-20(22)23)13-7-8-16-17(9-13)28-12-27-16/h4-11H,12H2,1-3H3. The fraction of sp³-hybridized carbons (Fsp3) is 0.190. The minimum atomic E-state index is -0.190. The molecule has 1 aromatic heterocycles. The zero-order chi connectivity index (χ0) is 19.7. The van der Waals surface area contributed by atoms with Gasteiger partial charge in [0.1, 0.15) is 0 Å². The van der Waals surface area contributed by atoms with E-state index < -0.39 is 0 Å². The van der Waals surface area contributed by atoms with Gasteiger partial charge in [-0.2, -0.15) is 0 Å². The summed E-state index contributed by atoms with van der Waals surface area (Å²) in [6.45, 7) is 0.188. The Hall–Kier alpha value is -3.61. The summed E-state index contributed by atoms with van der Waals surface area (Å²) in [4.78, 5) is 12.8. The van der Waals surface area contributed by atoms with Crippen LogP contribution in [0, 0.1) is 0 Å². The number of ether oxygens (including phenoxy) is 5. The Labute approximate surface area is 161 Å². The van der Waals surface area contributed by atoms with Gasteiger partial charge in [-0.15, -0.1) is 0 Å². The molecule has 0 N–H and O–H groups in total. The van der Waals surface area contributed by atoms with Crippen molar-refractivity contribution in [1.82, 2.24) is 4.57 Å². The van der Waals surface area contributed by atoms with Gasteiger partial charge in [0.25, 0.3) is 5.56 Å². The van der Waals surface area contributed by atoms with Gasteiger partial charge in [0, 0.05) is 23.8 Å². The van der Waals surface area contributed by atoms with Crippen LogP contribution in [0.25, 0.3) is 16.9 Å². The van der Waals surface area contributed by atoms with E-state index in [-0.39, 0.29) is 12.4 Å². The number of nitrogens with zero attached hydrogens (tertiary/aromatic N) is 1. The van der Waals surface area contributed by atoms with Crippen LogP contribution in [-0.2, 0) is 0 Å². The highest BCUT2D eigenvalue weighted by molar-refractivity contribution is 5.68. The molecule has 0 radical (unpaired) electrons. The van der Waals surface area contributed by atoms with E-state index >= 15 is 0 Å². The van der Waals surface area contributed by atoms with Crippen LogP contribution in [-0.4, -0.2) is 32.7 Å². The van der Waals surface area contributed by atoms with Crippen molar-refractivity contribution in [2.45, 2.75) is 0 Å². The largest absolute Gasteiger partial charge is 0.493 e. The first-order chi connectivity index (χ1) is 13.7. The van der Waals surface area contributed by atoms with Gasteiger partial charge in [0.15, 0.2) is 23.0 Å². The Bertz CT molecular complexity index is 1060. The van der Waals surface area contributed by atoms with Crippen molar-refractivity contribution in [2.24, 2.45) is 0 Å². The number of benzene rings is 2. The number of rotatable bonds is 5. The van der Waals surface area contributed by atoms with E-state index in [1.54, 1.807) is 22.8 Å². The molecule has 0 atom stereocenters. The summed E-state index contributed by atoms with van der Waals surface area (Å²) in [7, 11) is 4.61. The summed E-state index contributed by atoms with van der Waals surface area (Å²) >= 11 is 0. The molecule has 2 aromatic carbocycles. The molecular formula is C21H19NO6. The zero-order valence-electron chi connectivity index (χ0n) is 15.7. The lowest BCUT2D eigenvalue weighted by molar-refractivity contribution is 0.174. The Morgan fingerprint density at radius 2 is 1.57 bits per heavy atom. The maximum Gasteiger partial charge on any atom is 0.255 e. The van der Waals surface area contributed by atoms with Gasteiger partial charge in [-0.1, -0.05) is 6.07 Å². The third-order valence-electron chi connectivity index (χ3n) is 4.53. The second kappa shape index (κ2) is 7.19. The number of hydrogen-bond donors (Lipinski definition) is 0. The summed E-state index contributed by atoms with van der Waals surface area (Å²) in [6, 6.07) is 14.1. The fourth-order valence-electron chi connectivity index (χ4n) is 3.23. The first kappa shape index (κ1) is 17.8. The molecule has 1 aliphatic rings. The van der Waals surface area contributed by atoms with Gasteiger partial charge in [0.2, 0.25) is 12.5 Å². The average Bonchev–Trinajstić information content (AvgIpc) is 3.20. The van der Waals surface area contributed by atoms with Crippen LogP contribution >= 0.6 is 0 Å². The normalized spacial score (nSPS) is 12.0. The molecule has 0 saturated heterocycles. The zero-order valence-corrected chi connectivity index (χ0v) is 15.7. The van der Waals surface area contributed by atoms with Gasteiger partial charge in [0.05, 0.1) is 32.7 Å². The number of aromatic nitrogens is 1. The molecule has 3 aromatic rings. The SMILES string of the molecule is COc1cc(-n2c(-c3ccc4c(c3)OCO4)cccc2=O)cc(OC)c1OC. The molecule has 28 heavy (non-hydrogen) atoms. The van der Waals surface area contributed by atoms with Crippen LogP contribution in [0.5, 0.6) is 28.7 Å². The maximum atomic E-state index is 12.8. The summed E-state index contributed by atoms with van der Waals surface area (Å²) in [5.41, 5.74) is 1.91. The van der Waals surface area contributed by atoms with E-state index in [1.165, 1.54) is 27.4 Å². The Morgan fingerprint density at radius 3 is 2.25 bits per heavy atom. The number of fused-ring (bicyclic) bond motifs is 1. The van der Waals surface area contributed by atoms with Gasteiger partial charge >= 0.3 is 0 Å². The topological polar surface area (TPSA) is 68.2 Å². The van der Waals surface area contributed by atoms with Crippen molar-refractivity contribution in [3.63, 3.8) is 0 Å². The quantitative estimate of drug-likeness (QED) is 0.676. The van der Waals surface area contributed by atoms with Crippen molar-refractivity contribution in [3.8, 4) is 45.7 Å². The van der Waals surface area contributed by atoms with Crippen LogP contribution in [0.3, 0.4) is 0 Å². The highest BCUT2D eigenvalue weighted by atomic mass is 16.7. The fourth-order valence-corrected chi connectivity index (χ4v) is 3.23. The van der Waals surface area contributed by atoms with Crippen molar-refractivity contribution in [1.29, 1.82) is 0 Å². The maximum absolute atomic E-state index is 12.8. The van der Waals surface area contributed by atoms with E-state index in [9.17, 15) is 4.79 Å². The van der Waals surface area contributed by atoms with Gasteiger partial charge < -0.3 is 23.7 Å². The molecule has 0 unspecified atom stereocenters. The Balaban J connectivity index is 1.93. The minimum absolute atomic E-state index is 0.188. The molecule has 7 heteroatoms. The molecule has 0 bridgehead atoms. The van der Waals surface area contributed by atoms with Gasteiger partial charge in [-0.3, -0.25) is 9.36 Å². The lowest BCUT2D eigenvalue weighted by Gasteiger charge is -2.17. The molecule has 2 heterocycles. The summed E-state index contributed by atoms with van der Waals surface area (Å²) in [6.07, 6.45) is 0. The van der Waals surface area contributed by atoms with Crippen LogP contribution in [0.4, 0.5) is 0 Å². The summed E-state index contributed by atoms with van der Waals surface area (Å²) < 4.78 is 28.7. The van der Waals surface area contributed by atoms with Crippen molar-refractivity contribution in [2.75, 3.05) is 28.1 Å². The molecule has 7 nitrogen and oxygen atoms in total. The second-order valence-corrected chi connectivity index (χ2v) is 6.04. The molecular weight excluding hydrogens is 362 g/mol. The minimum Gasteiger partial charge on any atom is -0.493 e. The van der Waals surface area contributed by atoms with E-state index in [4.69, 9.17) is 23.7 Å². The third kappa shape index (κ3) is 2.90. The third-order valence-corrected chi connectivity index (χ3v) is 4.53. The molecule has 1 aliphatic heterocycles. The van der Waals surface area contributed by atoms with Crippen LogP contribution in [0.2, 0.25) is 0 Å². The molecule has 0 aliphatic carbocycles. The van der Waals surface area contributed by atoms with Crippen LogP contribution in [0.15, 0.2) is 53.3 Å². The van der Waals surface area contributed by atoms with Crippen LogP contribution in [0.1, 0.15) is 0 Å². The van der Waals surface area contributed by atoms with E-state index in [0.29, 0.717) is 40.1 Å². The predicted octanol–water partition coefficient (Wildman–Crippen LogP) is 3.26. The first-order valence-corrected chi connectivity index (χ1v) is 8.58. The molecule has 0 fully saturated rings. The summed E-state index contributed by atoms with van der Waals surface area (Å²) in [5, 5.41) is 0. The number of methoxy groups -OCH3 is 3. The second-order valence-electron chi connectivity index (χ2n) is 6.04. The molecule has 0 spiro atoms. The molecule has 0 amide bonds. The van der Waals surface area contributed by atoms with Gasteiger partial charge in [-0.05, 0) is 24.3 Å². The van der Waals surface area contributed by atoms with Crippen molar-refractivity contribution >= 4 is 0 Å². The Morgan fingerprint density at radius 1 is 0.857 bits per heavy atom. The number of pyridine rings is 1. The number of hydrogen-bond acceptors (Lipinski definition) is 6. The van der Waals surface area contributed by atoms with Crippen molar-refractivity contribution in [3.05, 3.63) is 58.9 Å². The first-order valence-electron chi connectivity index (χ1n) is 8.58. The average molecular weight is 381 g/mol. The lowest BCUT2D eigenvalue weighted by atomic mass is 10.1. The highest BCUT2D eigenvalue weighted by Gasteiger charge is 2.19. The molecule has 4 rings (SSSR count). The molecule has 144 valence electrons. The monoisotopic (exact) mass is 381 g/mol. The van der Waals surface area contributed by atoms with Crippen LogP contribution < -0.4 is 29.2 Å². The summed E-state index contributed by atoms with van der Waals surface area (Å²) in [5.74, 6) is 2.71. The van der Waals surface area contributed by atoms with E-state index in [2.05, 4.69) is 0 Å². The van der Waals surface area contributed by atoms with E-state index in [0.717, 1.165) is 5.56 Å². The predicted molar refractivity (Wildman–Crippen MR) is 103 cm³/mol.